The summed E-state index contributed by atoms with van der Waals surface area (Å²) in [7, 11) is -3.77. The number of amides is 2. The molecule has 3 N–H and O–H groups in total. The summed E-state index contributed by atoms with van der Waals surface area (Å²) in [5.74, 6) is -0.570. The van der Waals surface area contributed by atoms with Crippen molar-refractivity contribution in [1.29, 1.82) is 0 Å². The first-order valence-corrected chi connectivity index (χ1v) is 11.7. The number of hydrogen-bond donors (Lipinski definition) is 3. The van der Waals surface area contributed by atoms with Crippen LogP contribution in [0, 0.1) is 6.92 Å². The van der Waals surface area contributed by atoms with E-state index in [1.54, 1.807) is 36.4 Å². The summed E-state index contributed by atoms with van der Waals surface area (Å²) in [6.45, 7) is 1.92. The van der Waals surface area contributed by atoms with Gasteiger partial charge < -0.3 is 10.6 Å². The van der Waals surface area contributed by atoms with Gasteiger partial charge in [0.05, 0.1) is 4.90 Å². The molecule has 8 heteroatoms. The third-order valence-corrected chi connectivity index (χ3v) is 6.42. The van der Waals surface area contributed by atoms with Gasteiger partial charge in [-0.3, -0.25) is 14.3 Å². The van der Waals surface area contributed by atoms with E-state index in [0.717, 1.165) is 18.4 Å². The van der Waals surface area contributed by atoms with E-state index in [4.69, 9.17) is 0 Å². The van der Waals surface area contributed by atoms with E-state index in [2.05, 4.69) is 15.4 Å². The van der Waals surface area contributed by atoms with Gasteiger partial charge in [0.2, 0.25) is 0 Å². The van der Waals surface area contributed by atoms with Gasteiger partial charge in [0, 0.05) is 28.5 Å². The number of nitrogens with one attached hydrogen (secondary N) is 3. The fourth-order valence-corrected chi connectivity index (χ4v) is 4.12. The van der Waals surface area contributed by atoms with Gasteiger partial charge in [-0.05, 0) is 74.4 Å². The molecule has 0 aromatic heterocycles. The van der Waals surface area contributed by atoms with E-state index in [0.29, 0.717) is 22.5 Å². The van der Waals surface area contributed by atoms with Crippen molar-refractivity contribution in [2.24, 2.45) is 0 Å². The smallest absolute Gasteiger partial charge is 0.261 e. The quantitative estimate of drug-likeness (QED) is 0.508. The summed E-state index contributed by atoms with van der Waals surface area (Å²) in [4.78, 5) is 24.8. The fraction of sp³-hybridized carbons (Fsp3) is 0.167. The molecule has 2 amide bonds. The Morgan fingerprint density at radius 2 is 1.50 bits per heavy atom. The topological polar surface area (TPSA) is 104 Å². The lowest BCUT2D eigenvalue weighted by molar-refractivity contribution is 0.0949. The van der Waals surface area contributed by atoms with Crippen LogP contribution in [-0.2, 0) is 10.0 Å². The Bertz CT molecular complexity index is 1250. The molecule has 0 spiro atoms. The van der Waals surface area contributed by atoms with E-state index in [-0.39, 0.29) is 16.8 Å². The summed E-state index contributed by atoms with van der Waals surface area (Å²) in [5.41, 5.74) is 2.74. The highest BCUT2D eigenvalue weighted by Gasteiger charge is 2.24. The molecule has 4 rings (SSSR count). The van der Waals surface area contributed by atoms with Gasteiger partial charge >= 0.3 is 0 Å². The number of sulfonamides is 1. The molecule has 0 heterocycles. The molecule has 1 fully saturated rings. The highest BCUT2D eigenvalue weighted by Crippen LogP contribution is 2.21. The van der Waals surface area contributed by atoms with E-state index >= 15 is 0 Å². The lowest BCUT2D eigenvalue weighted by Gasteiger charge is -2.10. The molecular formula is C24H23N3O4S. The molecule has 0 saturated heterocycles. The lowest BCUT2D eigenvalue weighted by atomic mass is 10.1. The molecular weight excluding hydrogens is 426 g/mol. The third-order valence-electron chi connectivity index (χ3n) is 5.03. The van der Waals surface area contributed by atoms with Gasteiger partial charge in [-0.1, -0.05) is 23.8 Å². The molecule has 0 bridgehead atoms. The summed E-state index contributed by atoms with van der Waals surface area (Å²) in [6, 6.07) is 19.6. The number of carbonyl (C=O) groups excluding carboxylic acids is 2. The summed E-state index contributed by atoms with van der Waals surface area (Å²) in [6.07, 6.45) is 1.99. The van der Waals surface area contributed by atoms with Gasteiger partial charge in [0.1, 0.15) is 0 Å². The zero-order valence-electron chi connectivity index (χ0n) is 17.5. The van der Waals surface area contributed by atoms with Crippen LogP contribution in [-0.4, -0.2) is 26.3 Å². The highest BCUT2D eigenvalue weighted by molar-refractivity contribution is 7.92. The molecule has 3 aromatic carbocycles. The van der Waals surface area contributed by atoms with Crippen LogP contribution in [0.25, 0.3) is 0 Å². The maximum absolute atomic E-state index is 12.6. The largest absolute Gasteiger partial charge is 0.349 e. The van der Waals surface area contributed by atoms with Crippen molar-refractivity contribution in [3.63, 3.8) is 0 Å². The van der Waals surface area contributed by atoms with Crippen molar-refractivity contribution in [3.05, 3.63) is 89.5 Å². The van der Waals surface area contributed by atoms with Gasteiger partial charge in [-0.15, -0.1) is 0 Å². The monoisotopic (exact) mass is 449 g/mol. The number of aryl methyl sites for hydroxylation is 1. The number of rotatable bonds is 7. The summed E-state index contributed by atoms with van der Waals surface area (Å²) in [5, 5.41) is 5.65. The molecule has 3 aromatic rings. The van der Waals surface area contributed by atoms with Gasteiger partial charge in [-0.25, -0.2) is 8.42 Å². The average Bonchev–Trinajstić information content (AvgIpc) is 3.59. The van der Waals surface area contributed by atoms with Crippen molar-refractivity contribution in [2.45, 2.75) is 30.7 Å². The predicted octanol–water partition coefficient (Wildman–Crippen LogP) is 3.94. The minimum Gasteiger partial charge on any atom is -0.349 e. The van der Waals surface area contributed by atoms with Crippen LogP contribution in [0.4, 0.5) is 11.4 Å². The molecule has 1 aliphatic carbocycles. The van der Waals surface area contributed by atoms with Crippen molar-refractivity contribution in [3.8, 4) is 0 Å². The van der Waals surface area contributed by atoms with Crippen LogP contribution >= 0.6 is 0 Å². The molecule has 1 saturated carbocycles. The Hall–Kier alpha value is -3.65. The van der Waals surface area contributed by atoms with E-state index in [9.17, 15) is 18.0 Å². The van der Waals surface area contributed by atoms with Crippen molar-refractivity contribution < 1.29 is 18.0 Å². The van der Waals surface area contributed by atoms with E-state index in [1.807, 2.05) is 19.1 Å². The maximum Gasteiger partial charge on any atom is 0.261 e. The number of hydrogen-bond acceptors (Lipinski definition) is 4. The molecule has 0 aliphatic heterocycles. The molecule has 7 nitrogen and oxygen atoms in total. The van der Waals surface area contributed by atoms with Crippen molar-refractivity contribution >= 4 is 33.2 Å². The third kappa shape index (κ3) is 5.33. The molecule has 0 atom stereocenters. The first-order chi connectivity index (χ1) is 15.3. The zero-order chi connectivity index (χ0) is 22.7. The first kappa shape index (κ1) is 21.6. The summed E-state index contributed by atoms with van der Waals surface area (Å²) < 4.78 is 27.7. The minimum absolute atomic E-state index is 0.0494. The van der Waals surface area contributed by atoms with Gasteiger partial charge in [0.15, 0.2) is 0 Å². The summed E-state index contributed by atoms with van der Waals surface area (Å²) >= 11 is 0. The van der Waals surface area contributed by atoms with Crippen LogP contribution < -0.4 is 15.4 Å². The number of benzene rings is 3. The average molecular weight is 450 g/mol. The van der Waals surface area contributed by atoms with Crippen LogP contribution in [0.3, 0.4) is 0 Å². The zero-order valence-corrected chi connectivity index (χ0v) is 18.3. The Balaban J connectivity index is 1.43. The van der Waals surface area contributed by atoms with E-state index < -0.39 is 15.9 Å². The Labute approximate surface area is 186 Å². The SMILES string of the molecule is Cc1ccc(NS(=O)(=O)c2ccc(C(=O)Nc3cccc(C(=O)NC4CC4)c3)cc2)cc1. The lowest BCUT2D eigenvalue weighted by Crippen LogP contribution is -2.25. The molecule has 32 heavy (non-hydrogen) atoms. The van der Waals surface area contributed by atoms with Gasteiger partial charge in [-0.2, -0.15) is 0 Å². The second-order valence-corrected chi connectivity index (χ2v) is 9.46. The van der Waals surface area contributed by atoms with Crippen LogP contribution in [0.2, 0.25) is 0 Å². The van der Waals surface area contributed by atoms with Crippen LogP contribution in [0.5, 0.6) is 0 Å². The van der Waals surface area contributed by atoms with Crippen molar-refractivity contribution in [2.75, 3.05) is 10.0 Å². The predicted molar refractivity (Wildman–Crippen MR) is 123 cm³/mol. The normalized spacial score (nSPS) is 13.3. The Morgan fingerprint density at radius 1 is 0.812 bits per heavy atom. The Morgan fingerprint density at radius 3 is 2.16 bits per heavy atom. The van der Waals surface area contributed by atoms with Crippen molar-refractivity contribution in [1.82, 2.24) is 5.32 Å². The molecule has 164 valence electrons. The standard InChI is InChI=1S/C24H23N3O4S/c1-16-5-9-20(10-6-16)27-32(30,31)22-13-7-17(8-14-22)23(28)26-21-4-2-3-18(15-21)24(29)25-19-11-12-19/h2-10,13-15,19,27H,11-12H2,1H3,(H,25,29)(H,26,28). The molecule has 1 aliphatic rings. The van der Waals surface area contributed by atoms with Crippen LogP contribution in [0.15, 0.2) is 77.7 Å². The van der Waals surface area contributed by atoms with Gasteiger partial charge in [0.25, 0.3) is 21.8 Å². The maximum atomic E-state index is 12.6. The second kappa shape index (κ2) is 8.84. The number of carbonyl (C=O) groups is 2. The minimum atomic E-state index is -3.77. The molecule has 0 radical (unpaired) electrons. The Kier molecular flexibility index (Phi) is 5.96. The molecule has 0 unspecified atom stereocenters. The first-order valence-electron chi connectivity index (χ1n) is 10.2. The number of anilines is 2. The van der Waals surface area contributed by atoms with Crippen LogP contribution in [0.1, 0.15) is 39.1 Å². The highest BCUT2D eigenvalue weighted by atomic mass is 32.2. The fourth-order valence-electron chi connectivity index (χ4n) is 3.06. The van der Waals surface area contributed by atoms with E-state index in [1.165, 1.54) is 24.3 Å². The second-order valence-electron chi connectivity index (χ2n) is 7.78.